The summed E-state index contributed by atoms with van der Waals surface area (Å²) in [7, 11) is 0. The van der Waals surface area contributed by atoms with Gasteiger partial charge < -0.3 is 10.2 Å². The van der Waals surface area contributed by atoms with E-state index < -0.39 is 5.60 Å². The van der Waals surface area contributed by atoms with Gasteiger partial charge in [0.15, 0.2) is 0 Å². The molecule has 4 rings (SSSR count). The van der Waals surface area contributed by atoms with Gasteiger partial charge in [-0.2, -0.15) is 0 Å². The van der Waals surface area contributed by atoms with E-state index in [1.54, 1.807) is 0 Å². The van der Waals surface area contributed by atoms with Crippen LogP contribution in [0.15, 0.2) is 0 Å². The maximum atomic E-state index is 10.6. The van der Waals surface area contributed by atoms with Crippen molar-refractivity contribution < 1.29 is 10.2 Å². The van der Waals surface area contributed by atoms with Crippen molar-refractivity contribution in [3.63, 3.8) is 0 Å². The summed E-state index contributed by atoms with van der Waals surface area (Å²) in [5, 5.41) is 21.2. The van der Waals surface area contributed by atoms with Crippen LogP contribution in [-0.2, 0) is 0 Å². The zero-order valence-electron chi connectivity index (χ0n) is 16.9. The van der Waals surface area contributed by atoms with E-state index in [0.29, 0.717) is 16.7 Å². The lowest BCUT2D eigenvalue weighted by Gasteiger charge is -2.62. The maximum absolute atomic E-state index is 10.6. The minimum Gasteiger partial charge on any atom is -0.393 e. The van der Waals surface area contributed by atoms with Crippen molar-refractivity contribution in [3.05, 3.63) is 0 Å². The van der Waals surface area contributed by atoms with Gasteiger partial charge in [0, 0.05) is 0 Å². The standard InChI is InChI=1S/C23H40O2/c1-5-20(24)19-9-8-17-16-7-6-15-14-21(2,25)12-13-22(15,3)18(16)10-11-23(17,19)4/h15-20,24-25H,5-14H2,1-4H3/t15-,16-,17-,18-,19+,20-,21+,22-,23-/m0/s1. The first kappa shape index (κ1) is 18.3. The quantitative estimate of drug-likeness (QED) is 0.723. The van der Waals surface area contributed by atoms with E-state index >= 15 is 0 Å². The van der Waals surface area contributed by atoms with Crippen LogP contribution in [0.4, 0.5) is 0 Å². The van der Waals surface area contributed by atoms with Gasteiger partial charge in [-0.1, -0.05) is 20.8 Å². The van der Waals surface area contributed by atoms with Crippen molar-refractivity contribution in [2.45, 2.75) is 104 Å². The predicted octanol–water partition coefficient (Wildman–Crippen LogP) is 5.17. The van der Waals surface area contributed by atoms with Crippen LogP contribution in [0.3, 0.4) is 0 Å². The molecule has 0 heterocycles. The number of rotatable bonds is 2. The average Bonchev–Trinajstić information content (AvgIpc) is 2.92. The van der Waals surface area contributed by atoms with Gasteiger partial charge in [-0.05, 0) is 112 Å². The van der Waals surface area contributed by atoms with Gasteiger partial charge in [-0.25, -0.2) is 0 Å². The number of fused-ring (bicyclic) bond motifs is 5. The normalized spacial score (nSPS) is 56.6. The highest BCUT2D eigenvalue weighted by Gasteiger charge is 2.61. The molecule has 0 radical (unpaired) electrons. The molecule has 144 valence electrons. The Hall–Kier alpha value is -0.0800. The summed E-state index contributed by atoms with van der Waals surface area (Å²) in [5.41, 5.74) is 0.401. The van der Waals surface area contributed by atoms with Crippen LogP contribution in [0.2, 0.25) is 0 Å². The molecule has 4 aliphatic rings. The van der Waals surface area contributed by atoms with Crippen LogP contribution in [0.1, 0.15) is 91.9 Å². The largest absolute Gasteiger partial charge is 0.393 e. The van der Waals surface area contributed by atoms with Gasteiger partial charge in [0.1, 0.15) is 0 Å². The number of aliphatic hydroxyl groups is 2. The summed E-state index contributed by atoms with van der Waals surface area (Å²) < 4.78 is 0. The fraction of sp³-hybridized carbons (Fsp3) is 1.00. The molecule has 9 atom stereocenters. The summed E-state index contributed by atoms with van der Waals surface area (Å²) in [6.07, 6.45) is 12.0. The Kier molecular flexibility index (Phi) is 4.36. The molecule has 0 amide bonds. The molecule has 4 saturated carbocycles. The molecule has 4 fully saturated rings. The third-order valence-electron chi connectivity index (χ3n) is 9.91. The maximum Gasteiger partial charge on any atom is 0.0622 e. The molecule has 0 unspecified atom stereocenters. The first-order valence-corrected chi connectivity index (χ1v) is 11.1. The molecule has 4 aliphatic carbocycles. The van der Waals surface area contributed by atoms with Gasteiger partial charge in [-0.15, -0.1) is 0 Å². The lowest BCUT2D eigenvalue weighted by molar-refractivity contribution is -0.150. The smallest absolute Gasteiger partial charge is 0.0622 e. The number of hydrogen-bond acceptors (Lipinski definition) is 2. The summed E-state index contributed by atoms with van der Waals surface area (Å²) in [5.74, 6) is 3.81. The molecule has 0 aromatic carbocycles. The lowest BCUT2D eigenvalue weighted by Crippen LogP contribution is -2.55. The van der Waals surface area contributed by atoms with Gasteiger partial charge in [0.25, 0.3) is 0 Å². The highest BCUT2D eigenvalue weighted by atomic mass is 16.3. The molecular formula is C23H40O2. The Labute approximate surface area is 154 Å². The van der Waals surface area contributed by atoms with Crippen LogP contribution in [0.25, 0.3) is 0 Å². The van der Waals surface area contributed by atoms with Crippen molar-refractivity contribution in [1.29, 1.82) is 0 Å². The fourth-order valence-electron chi connectivity index (χ4n) is 8.39. The van der Waals surface area contributed by atoms with E-state index in [4.69, 9.17) is 0 Å². The van der Waals surface area contributed by atoms with Crippen molar-refractivity contribution in [2.24, 2.45) is 40.4 Å². The van der Waals surface area contributed by atoms with Gasteiger partial charge in [0.05, 0.1) is 11.7 Å². The second-order valence-corrected chi connectivity index (χ2v) is 11.1. The Morgan fingerprint density at radius 1 is 0.880 bits per heavy atom. The molecule has 25 heavy (non-hydrogen) atoms. The van der Waals surface area contributed by atoms with Crippen LogP contribution < -0.4 is 0 Å². The molecule has 0 saturated heterocycles. The SMILES string of the molecule is CC[C@H](O)[C@H]1CC[C@H]2[C@@H]3CC[C@H]4C[C@](C)(O)CC[C@]4(C)[C@H]3CC[C@]12C. The van der Waals surface area contributed by atoms with Crippen molar-refractivity contribution in [1.82, 2.24) is 0 Å². The zero-order valence-corrected chi connectivity index (χ0v) is 16.9. The predicted molar refractivity (Wildman–Crippen MR) is 102 cm³/mol. The van der Waals surface area contributed by atoms with Gasteiger partial charge in [0.2, 0.25) is 0 Å². The van der Waals surface area contributed by atoms with E-state index in [-0.39, 0.29) is 6.10 Å². The second-order valence-electron chi connectivity index (χ2n) is 11.1. The molecule has 0 aromatic rings. The first-order valence-electron chi connectivity index (χ1n) is 11.1. The van der Waals surface area contributed by atoms with Crippen molar-refractivity contribution in [3.8, 4) is 0 Å². The topological polar surface area (TPSA) is 40.5 Å². The van der Waals surface area contributed by atoms with E-state index in [9.17, 15) is 10.2 Å². The Morgan fingerprint density at radius 2 is 1.60 bits per heavy atom. The van der Waals surface area contributed by atoms with Gasteiger partial charge in [-0.3, -0.25) is 0 Å². The van der Waals surface area contributed by atoms with Crippen LogP contribution in [-0.4, -0.2) is 21.9 Å². The monoisotopic (exact) mass is 348 g/mol. The van der Waals surface area contributed by atoms with E-state index in [1.807, 2.05) is 0 Å². The Morgan fingerprint density at radius 3 is 2.32 bits per heavy atom. The Bertz CT molecular complexity index is 514. The molecular weight excluding hydrogens is 308 g/mol. The summed E-state index contributed by atoms with van der Waals surface area (Å²) in [6.45, 7) is 9.29. The fourth-order valence-corrected chi connectivity index (χ4v) is 8.39. The van der Waals surface area contributed by atoms with Crippen LogP contribution in [0, 0.1) is 40.4 Å². The molecule has 2 nitrogen and oxygen atoms in total. The molecule has 0 aliphatic heterocycles. The van der Waals surface area contributed by atoms with E-state index in [1.165, 1.54) is 44.9 Å². The summed E-state index contributed by atoms with van der Waals surface area (Å²) in [4.78, 5) is 0. The zero-order chi connectivity index (χ0) is 18.0. The molecule has 2 N–H and O–H groups in total. The minimum absolute atomic E-state index is 0.0942. The average molecular weight is 349 g/mol. The number of hydrogen-bond donors (Lipinski definition) is 2. The van der Waals surface area contributed by atoms with Crippen molar-refractivity contribution in [2.75, 3.05) is 0 Å². The lowest BCUT2D eigenvalue weighted by atomic mass is 9.44. The van der Waals surface area contributed by atoms with Crippen LogP contribution in [0.5, 0.6) is 0 Å². The molecule has 2 heteroatoms. The van der Waals surface area contributed by atoms with Crippen molar-refractivity contribution >= 4 is 0 Å². The molecule has 0 spiro atoms. The third-order valence-corrected chi connectivity index (χ3v) is 9.91. The second kappa shape index (κ2) is 5.96. The van der Waals surface area contributed by atoms with E-state index in [0.717, 1.165) is 42.9 Å². The Balaban J connectivity index is 1.58. The first-order chi connectivity index (χ1) is 11.7. The third kappa shape index (κ3) is 2.64. The molecule has 0 aromatic heterocycles. The van der Waals surface area contributed by atoms with Crippen LogP contribution >= 0.6 is 0 Å². The van der Waals surface area contributed by atoms with Gasteiger partial charge >= 0.3 is 0 Å². The highest BCUT2D eigenvalue weighted by Crippen LogP contribution is 2.68. The van der Waals surface area contributed by atoms with E-state index in [2.05, 4.69) is 27.7 Å². The number of aliphatic hydroxyl groups excluding tert-OH is 1. The summed E-state index contributed by atoms with van der Waals surface area (Å²) in [6, 6.07) is 0. The minimum atomic E-state index is -0.427. The summed E-state index contributed by atoms with van der Waals surface area (Å²) >= 11 is 0. The molecule has 0 bridgehead atoms. The highest BCUT2D eigenvalue weighted by molar-refractivity contribution is 5.10.